The van der Waals surface area contributed by atoms with Crippen molar-refractivity contribution in [2.45, 2.75) is 32.2 Å². The first-order valence-corrected chi connectivity index (χ1v) is 5.51. The van der Waals surface area contributed by atoms with Crippen molar-refractivity contribution < 1.29 is 19.4 Å². The lowest BCUT2D eigenvalue weighted by Gasteiger charge is -2.12. The Hall–Kier alpha value is -1.85. The molecule has 0 aromatic carbocycles. The molecule has 0 bridgehead atoms. The summed E-state index contributed by atoms with van der Waals surface area (Å²) in [5.41, 5.74) is 0. The molecular formula is C11H16N2O4. The Morgan fingerprint density at radius 2 is 2.29 bits per heavy atom. The number of nitrogens with zero attached hydrogens (tertiary/aromatic N) is 2. The average molecular weight is 240 g/mol. The minimum atomic E-state index is -1.07. The lowest BCUT2D eigenvalue weighted by molar-refractivity contribution is -0.151. The molecule has 0 unspecified atom stereocenters. The topological polar surface area (TPSA) is 81.4 Å². The highest BCUT2D eigenvalue weighted by atomic mass is 16.5. The Morgan fingerprint density at radius 3 is 2.82 bits per heavy atom. The maximum absolute atomic E-state index is 11.4. The van der Waals surface area contributed by atoms with Crippen LogP contribution in [0.15, 0.2) is 18.7 Å². The molecule has 17 heavy (non-hydrogen) atoms. The molecule has 0 saturated heterocycles. The summed E-state index contributed by atoms with van der Waals surface area (Å²) >= 11 is 0. The van der Waals surface area contributed by atoms with Gasteiger partial charge in [-0.05, 0) is 6.42 Å². The molecule has 0 aliphatic heterocycles. The summed E-state index contributed by atoms with van der Waals surface area (Å²) in [5, 5.41) is 9.01. The Labute approximate surface area is 99.2 Å². The van der Waals surface area contributed by atoms with Gasteiger partial charge < -0.3 is 14.4 Å². The number of carbonyl (C=O) groups is 2. The first-order valence-electron chi connectivity index (χ1n) is 5.51. The van der Waals surface area contributed by atoms with Gasteiger partial charge in [0, 0.05) is 12.4 Å². The number of carbonyl (C=O) groups excluding carboxylic acids is 1. The number of unbranched alkanes of at least 4 members (excludes halogenated alkanes) is 1. The SMILES string of the molecule is CCCCOC(=O)C[C@H](C(=O)O)n1ccnc1. The predicted molar refractivity (Wildman–Crippen MR) is 59.4 cm³/mol. The Balaban J connectivity index is 2.51. The van der Waals surface area contributed by atoms with Crippen LogP contribution in [-0.4, -0.2) is 33.2 Å². The Bertz CT molecular complexity index is 362. The molecule has 0 aliphatic carbocycles. The van der Waals surface area contributed by atoms with Crippen LogP contribution in [0.2, 0.25) is 0 Å². The molecule has 0 spiro atoms. The van der Waals surface area contributed by atoms with Gasteiger partial charge >= 0.3 is 11.9 Å². The van der Waals surface area contributed by atoms with E-state index >= 15 is 0 Å². The monoisotopic (exact) mass is 240 g/mol. The van der Waals surface area contributed by atoms with Crippen LogP contribution >= 0.6 is 0 Å². The molecule has 1 rings (SSSR count). The second-order valence-electron chi connectivity index (χ2n) is 3.64. The van der Waals surface area contributed by atoms with Gasteiger partial charge in [-0.25, -0.2) is 9.78 Å². The zero-order valence-electron chi connectivity index (χ0n) is 9.70. The summed E-state index contributed by atoms with van der Waals surface area (Å²) in [6.07, 6.45) is 5.88. The zero-order valence-corrected chi connectivity index (χ0v) is 9.70. The van der Waals surface area contributed by atoms with Crippen molar-refractivity contribution in [1.29, 1.82) is 0 Å². The van der Waals surface area contributed by atoms with E-state index in [1.54, 1.807) is 0 Å². The zero-order chi connectivity index (χ0) is 12.7. The maximum Gasteiger partial charge on any atom is 0.327 e. The molecule has 0 amide bonds. The number of hydrogen-bond donors (Lipinski definition) is 1. The van der Waals surface area contributed by atoms with Gasteiger partial charge in [-0.1, -0.05) is 13.3 Å². The molecule has 6 nitrogen and oxygen atoms in total. The van der Waals surface area contributed by atoms with Gasteiger partial charge in [-0.2, -0.15) is 0 Å². The number of hydrogen-bond acceptors (Lipinski definition) is 4. The van der Waals surface area contributed by atoms with Crippen LogP contribution in [0.25, 0.3) is 0 Å². The lowest BCUT2D eigenvalue weighted by atomic mass is 10.2. The molecular weight excluding hydrogens is 224 g/mol. The molecule has 1 aromatic rings. The number of esters is 1. The highest BCUT2D eigenvalue weighted by Gasteiger charge is 2.23. The van der Waals surface area contributed by atoms with E-state index in [-0.39, 0.29) is 6.42 Å². The van der Waals surface area contributed by atoms with E-state index in [9.17, 15) is 9.59 Å². The van der Waals surface area contributed by atoms with Gasteiger partial charge in [0.25, 0.3) is 0 Å². The first kappa shape index (κ1) is 13.2. The van der Waals surface area contributed by atoms with Crippen molar-refractivity contribution in [3.05, 3.63) is 18.7 Å². The molecule has 0 radical (unpaired) electrons. The van der Waals surface area contributed by atoms with Crippen LogP contribution in [0.1, 0.15) is 32.2 Å². The van der Waals surface area contributed by atoms with E-state index in [0.717, 1.165) is 12.8 Å². The van der Waals surface area contributed by atoms with Crippen LogP contribution in [0, 0.1) is 0 Å². The largest absolute Gasteiger partial charge is 0.480 e. The van der Waals surface area contributed by atoms with Gasteiger partial charge in [0.15, 0.2) is 0 Å². The molecule has 1 aromatic heterocycles. The standard InChI is InChI=1S/C11H16N2O4/c1-2-3-6-17-10(14)7-9(11(15)16)13-5-4-12-8-13/h4-5,8-9H,2-3,6-7H2,1H3,(H,15,16)/t9-/m1/s1. The lowest BCUT2D eigenvalue weighted by Crippen LogP contribution is -2.22. The minimum Gasteiger partial charge on any atom is -0.480 e. The predicted octanol–water partition coefficient (Wildman–Crippen LogP) is 1.24. The van der Waals surface area contributed by atoms with E-state index in [0.29, 0.717) is 6.61 Å². The van der Waals surface area contributed by atoms with Crippen molar-refractivity contribution in [2.75, 3.05) is 6.61 Å². The fraction of sp³-hybridized carbons (Fsp3) is 0.545. The number of ether oxygens (including phenoxy) is 1. The number of aromatic nitrogens is 2. The summed E-state index contributed by atoms with van der Waals surface area (Å²) in [7, 11) is 0. The van der Waals surface area contributed by atoms with Crippen molar-refractivity contribution in [3.63, 3.8) is 0 Å². The van der Waals surface area contributed by atoms with Crippen LogP contribution in [-0.2, 0) is 14.3 Å². The Kier molecular flexibility index (Phi) is 5.19. The van der Waals surface area contributed by atoms with Gasteiger partial charge in [0.1, 0.15) is 6.04 Å². The quantitative estimate of drug-likeness (QED) is 0.573. The highest BCUT2D eigenvalue weighted by Crippen LogP contribution is 2.12. The summed E-state index contributed by atoms with van der Waals surface area (Å²) < 4.78 is 6.30. The number of aliphatic carboxylic acids is 1. The van der Waals surface area contributed by atoms with E-state index in [4.69, 9.17) is 9.84 Å². The smallest absolute Gasteiger partial charge is 0.327 e. The summed E-state index contributed by atoms with van der Waals surface area (Å²) in [5.74, 6) is -1.57. The van der Waals surface area contributed by atoms with Gasteiger partial charge in [0.05, 0.1) is 19.4 Å². The summed E-state index contributed by atoms with van der Waals surface area (Å²) in [4.78, 5) is 26.2. The second-order valence-corrected chi connectivity index (χ2v) is 3.64. The molecule has 0 aliphatic rings. The molecule has 0 saturated carbocycles. The number of carboxylic acids is 1. The van der Waals surface area contributed by atoms with Crippen molar-refractivity contribution in [3.8, 4) is 0 Å². The van der Waals surface area contributed by atoms with E-state index < -0.39 is 18.0 Å². The molecule has 1 atom stereocenters. The third-order valence-electron chi connectivity index (χ3n) is 2.29. The van der Waals surface area contributed by atoms with Crippen LogP contribution in [0.4, 0.5) is 0 Å². The first-order chi connectivity index (χ1) is 8.15. The third kappa shape index (κ3) is 4.26. The molecule has 1 heterocycles. The maximum atomic E-state index is 11.4. The van der Waals surface area contributed by atoms with Crippen LogP contribution in [0.5, 0.6) is 0 Å². The van der Waals surface area contributed by atoms with E-state index in [1.165, 1.54) is 23.3 Å². The van der Waals surface area contributed by atoms with Gasteiger partial charge in [0.2, 0.25) is 0 Å². The fourth-order valence-electron chi connectivity index (χ4n) is 1.32. The average Bonchev–Trinajstić information content (AvgIpc) is 2.79. The number of carboxylic acid groups (broad SMARTS) is 1. The van der Waals surface area contributed by atoms with Crippen LogP contribution in [0.3, 0.4) is 0 Å². The van der Waals surface area contributed by atoms with Gasteiger partial charge in [-0.3, -0.25) is 4.79 Å². The third-order valence-corrected chi connectivity index (χ3v) is 2.29. The van der Waals surface area contributed by atoms with E-state index in [2.05, 4.69) is 4.98 Å². The fourth-order valence-corrected chi connectivity index (χ4v) is 1.32. The van der Waals surface area contributed by atoms with Crippen LogP contribution < -0.4 is 0 Å². The minimum absolute atomic E-state index is 0.185. The second kappa shape index (κ2) is 6.67. The molecule has 0 fully saturated rings. The highest BCUT2D eigenvalue weighted by molar-refractivity contribution is 5.80. The van der Waals surface area contributed by atoms with Crippen molar-refractivity contribution in [2.24, 2.45) is 0 Å². The van der Waals surface area contributed by atoms with E-state index in [1.807, 2.05) is 6.92 Å². The molecule has 6 heteroatoms. The summed E-state index contributed by atoms with van der Waals surface area (Å²) in [6, 6.07) is -0.952. The van der Waals surface area contributed by atoms with Crippen molar-refractivity contribution in [1.82, 2.24) is 9.55 Å². The molecule has 1 N–H and O–H groups in total. The Morgan fingerprint density at radius 1 is 1.53 bits per heavy atom. The normalized spacial score (nSPS) is 12.1. The van der Waals surface area contributed by atoms with Gasteiger partial charge in [-0.15, -0.1) is 0 Å². The molecule has 94 valence electrons. The number of imidazole rings is 1. The van der Waals surface area contributed by atoms with Crippen molar-refractivity contribution >= 4 is 11.9 Å². The number of rotatable bonds is 7. The summed E-state index contributed by atoms with van der Waals surface area (Å²) in [6.45, 7) is 2.32.